The normalized spacial score (nSPS) is 20.7. The Bertz CT molecular complexity index is 696. The summed E-state index contributed by atoms with van der Waals surface area (Å²) in [7, 11) is 0. The first kappa shape index (κ1) is 16.1. The molecule has 1 aromatic carbocycles. The van der Waals surface area contributed by atoms with Crippen molar-refractivity contribution in [2.45, 2.75) is 39.0 Å². The number of aliphatic hydroxyl groups is 1. The number of aromatic nitrogens is 1. The fraction of sp³-hybridized carbons (Fsp3) is 0.412. The average molecular weight is 331 g/mol. The van der Waals surface area contributed by atoms with Crippen molar-refractivity contribution in [3.63, 3.8) is 0 Å². The number of nitrogens with one attached hydrogen (secondary N) is 2. The molecule has 1 unspecified atom stereocenters. The molecular weight excluding hydrogens is 310 g/mol. The number of aliphatic hydroxyl groups excluding tert-OH is 1. The van der Waals surface area contributed by atoms with Crippen LogP contribution in [-0.2, 0) is 11.3 Å². The van der Waals surface area contributed by atoms with Crippen LogP contribution < -0.4 is 10.6 Å². The van der Waals surface area contributed by atoms with Gasteiger partial charge >= 0.3 is 0 Å². The van der Waals surface area contributed by atoms with Gasteiger partial charge in [0.05, 0.1) is 27.7 Å². The summed E-state index contributed by atoms with van der Waals surface area (Å²) in [5.74, 6) is -0.0560. The van der Waals surface area contributed by atoms with E-state index in [2.05, 4.69) is 27.8 Å². The van der Waals surface area contributed by atoms with Gasteiger partial charge in [0.25, 0.3) is 0 Å². The maximum atomic E-state index is 12.0. The predicted molar refractivity (Wildman–Crippen MR) is 91.3 cm³/mol. The monoisotopic (exact) mass is 331 g/mol. The Morgan fingerprint density at radius 1 is 1.39 bits per heavy atom. The molecule has 1 aliphatic heterocycles. The van der Waals surface area contributed by atoms with E-state index in [9.17, 15) is 9.90 Å². The highest BCUT2D eigenvalue weighted by molar-refractivity contribution is 7.15. The summed E-state index contributed by atoms with van der Waals surface area (Å²) in [6.07, 6.45) is 0.0607. The quantitative estimate of drug-likeness (QED) is 0.798. The minimum atomic E-state index is -0.420. The first-order valence-electron chi connectivity index (χ1n) is 7.75. The lowest BCUT2D eigenvalue weighted by atomic mass is 10.1. The number of hydrogen-bond donors (Lipinski definition) is 3. The van der Waals surface area contributed by atoms with Crippen molar-refractivity contribution in [1.82, 2.24) is 15.6 Å². The van der Waals surface area contributed by atoms with Gasteiger partial charge < -0.3 is 15.7 Å². The van der Waals surface area contributed by atoms with Gasteiger partial charge in [-0.25, -0.2) is 4.98 Å². The highest BCUT2D eigenvalue weighted by atomic mass is 32.1. The van der Waals surface area contributed by atoms with E-state index >= 15 is 0 Å². The second kappa shape index (κ2) is 6.78. The number of β-amino-alcohol motifs (C(OH)–C–C–N with tert-alkyl or cyclic N) is 1. The van der Waals surface area contributed by atoms with E-state index in [0.29, 0.717) is 19.5 Å². The van der Waals surface area contributed by atoms with E-state index in [1.54, 1.807) is 11.3 Å². The molecule has 0 bridgehead atoms. The fourth-order valence-corrected chi connectivity index (χ4v) is 3.73. The molecule has 1 amide bonds. The summed E-state index contributed by atoms with van der Waals surface area (Å²) in [5, 5.41) is 16.4. The van der Waals surface area contributed by atoms with Gasteiger partial charge in [0.1, 0.15) is 0 Å². The van der Waals surface area contributed by atoms with Crippen molar-refractivity contribution >= 4 is 17.2 Å². The van der Waals surface area contributed by atoms with Crippen LogP contribution in [0.15, 0.2) is 24.3 Å². The Labute approximate surface area is 139 Å². The molecule has 0 aliphatic carbocycles. The molecule has 3 N–H and O–H groups in total. The highest BCUT2D eigenvalue weighted by Gasteiger charge is 2.27. The lowest BCUT2D eigenvalue weighted by Gasteiger charge is -2.11. The highest BCUT2D eigenvalue weighted by Crippen LogP contribution is 2.29. The largest absolute Gasteiger partial charge is 0.392 e. The van der Waals surface area contributed by atoms with Crippen LogP contribution in [-0.4, -0.2) is 34.7 Å². The summed E-state index contributed by atoms with van der Waals surface area (Å²) < 4.78 is 0. The van der Waals surface area contributed by atoms with E-state index in [1.807, 2.05) is 26.0 Å². The second-order valence-electron chi connectivity index (χ2n) is 5.91. The molecule has 2 heterocycles. The molecular formula is C17H21N3O2S. The Morgan fingerprint density at radius 2 is 2.13 bits per heavy atom. The molecule has 5 nitrogen and oxygen atoms in total. The fourth-order valence-electron chi connectivity index (χ4n) is 2.80. The summed E-state index contributed by atoms with van der Waals surface area (Å²) >= 11 is 1.70. The molecule has 122 valence electrons. The van der Waals surface area contributed by atoms with E-state index in [-0.39, 0.29) is 11.9 Å². The van der Waals surface area contributed by atoms with Gasteiger partial charge in [0.15, 0.2) is 0 Å². The first-order chi connectivity index (χ1) is 11.0. The topological polar surface area (TPSA) is 74.2 Å². The Morgan fingerprint density at radius 3 is 2.70 bits per heavy atom. The maximum Gasteiger partial charge on any atom is 0.237 e. The minimum absolute atomic E-state index is 0.0560. The minimum Gasteiger partial charge on any atom is -0.392 e. The van der Waals surface area contributed by atoms with Crippen LogP contribution >= 0.6 is 11.3 Å². The molecule has 3 rings (SSSR count). The third kappa shape index (κ3) is 3.77. The van der Waals surface area contributed by atoms with Crippen LogP contribution in [0.3, 0.4) is 0 Å². The number of amides is 1. The summed E-state index contributed by atoms with van der Waals surface area (Å²) in [5.41, 5.74) is 3.27. The molecule has 23 heavy (non-hydrogen) atoms. The van der Waals surface area contributed by atoms with Gasteiger partial charge in [-0.15, -0.1) is 11.3 Å². The molecule has 2 aromatic rings. The lowest BCUT2D eigenvalue weighted by Crippen LogP contribution is -2.39. The second-order valence-corrected chi connectivity index (χ2v) is 7.12. The van der Waals surface area contributed by atoms with Gasteiger partial charge in [0, 0.05) is 13.1 Å². The third-order valence-corrected chi connectivity index (χ3v) is 5.13. The number of nitrogens with zero attached hydrogens (tertiary/aromatic N) is 1. The number of carbonyl (C=O) groups is 1. The molecule has 1 aliphatic rings. The van der Waals surface area contributed by atoms with E-state index < -0.39 is 6.10 Å². The number of thiazole rings is 1. The van der Waals surface area contributed by atoms with Gasteiger partial charge in [0.2, 0.25) is 5.91 Å². The number of aryl methyl sites for hydroxylation is 2. The lowest BCUT2D eigenvalue weighted by molar-refractivity contribution is -0.123. The van der Waals surface area contributed by atoms with E-state index in [0.717, 1.165) is 21.8 Å². The third-order valence-electron chi connectivity index (χ3n) is 4.01. The summed E-state index contributed by atoms with van der Waals surface area (Å²) in [4.78, 5) is 17.7. The number of benzene rings is 1. The average Bonchev–Trinajstić information content (AvgIpc) is 3.11. The van der Waals surface area contributed by atoms with Gasteiger partial charge in [-0.05, 0) is 31.4 Å². The molecule has 1 aromatic heterocycles. The van der Waals surface area contributed by atoms with Crippen LogP contribution in [0, 0.1) is 13.8 Å². The van der Waals surface area contributed by atoms with Crippen LogP contribution in [0.5, 0.6) is 0 Å². The van der Waals surface area contributed by atoms with Crippen LogP contribution in [0.25, 0.3) is 10.4 Å². The zero-order valence-electron chi connectivity index (χ0n) is 13.3. The van der Waals surface area contributed by atoms with Crippen LogP contribution in [0.1, 0.15) is 22.7 Å². The summed E-state index contributed by atoms with van der Waals surface area (Å²) in [6.45, 7) is 5.02. The van der Waals surface area contributed by atoms with Crippen LogP contribution in [0.2, 0.25) is 0 Å². The molecule has 1 saturated heterocycles. The Kier molecular flexibility index (Phi) is 4.75. The van der Waals surface area contributed by atoms with Crippen molar-refractivity contribution in [2.75, 3.05) is 6.54 Å². The van der Waals surface area contributed by atoms with Crippen molar-refractivity contribution < 1.29 is 9.90 Å². The number of carbonyl (C=O) groups excluding carboxylic acids is 1. The smallest absolute Gasteiger partial charge is 0.237 e. The summed E-state index contributed by atoms with van der Waals surface area (Å²) in [6, 6.07) is 7.91. The molecule has 0 radical (unpaired) electrons. The first-order valence-corrected chi connectivity index (χ1v) is 8.57. The zero-order chi connectivity index (χ0) is 16.4. The molecule has 2 atom stereocenters. The number of hydrogen-bond acceptors (Lipinski definition) is 5. The molecule has 0 spiro atoms. The molecule has 1 fully saturated rings. The van der Waals surface area contributed by atoms with E-state index in [1.165, 1.54) is 4.88 Å². The Hall–Kier alpha value is -1.76. The Balaban J connectivity index is 1.59. The van der Waals surface area contributed by atoms with Crippen molar-refractivity contribution in [2.24, 2.45) is 0 Å². The molecule has 0 saturated carbocycles. The maximum absolute atomic E-state index is 12.0. The van der Waals surface area contributed by atoms with E-state index in [4.69, 9.17) is 0 Å². The van der Waals surface area contributed by atoms with Gasteiger partial charge in [-0.3, -0.25) is 4.79 Å². The SMILES string of the molecule is Cc1nc(C)c(-c2ccc(CNC(=O)C3C[C@@H](O)CN3)cc2)s1. The predicted octanol–water partition coefficient (Wildman–Crippen LogP) is 1.77. The van der Waals surface area contributed by atoms with Crippen molar-refractivity contribution in [1.29, 1.82) is 0 Å². The standard InChI is InChI=1S/C17H21N3O2S/c1-10-16(23-11(2)20-10)13-5-3-12(4-6-13)8-19-17(22)15-7-14(21)9-18-15/h3-6,14-15,18,21H,7-9H2,1-2H3,(H,19,22)/t14-,15?/m1/s1. The zero-order valence-corrected chi connectivity index (χ0v) is 14.1. The van der Waals surface area contributed by atoms with Crippen molar-refractivity contribution in [3.8, 4) is 10.4 Å². The number of rotatable bonds is 4. The molecule has 6 heteroatoms. The van der Waals surface area contributed by atoms with Crippen LogP contribution in [0.4, 0.5) is 0 Å². The van der Waals surface area contributed by atoms with Crippen molar-refractivity contribution in [3.05, 3.63) is 40.5 Å². The van der Waals surface area contributed by atoms with Gasteiger partial charge in [-0.2, -0.15) is 0 Å². The van der Waals surface area contributed by atoms with Gasteiger partial charge in [-0.1, -0.05) is 24.3 Å².